The molecule has 1 aromatic heterocycles. The number of carboxylic acids is 1. The second kappa shape index (κ2) is 4.77. The molecule has 0 atom stereocenters. The number of benzene rings is 1. The molecule has 0 spiro atoms. The summed E-state index contributed by atoms with van der Waals surface area (Å²) in [5.74, 6) is 0.135. The van der Waals surface area contributed by atoms with Crippen LogP contribution in [0, 0.1) is 0 Å². The maximum atomic E-state index is 11.0. The van der Waals surface area contributed by atoms with E-state index in [-0.39, 0.29) is 13.2 Å². The summed E-state index contributed by atoms with van der Waals surface area (Å²) in [5.41, 5.74) is 1.24. The molecule has 1 aliphatic rings. The van der Waals surface area contributed by atoms with Gasteiger partial charge in [-0.2, -0.15) is 0 Å². The minimum absolute atomic E-state index is 0.114. The number of hydrogen-bond acceptors (Lipinski definition) is 6. The van der Waals surface area contributed by atoms with Gasteiger partial charge in [-0.25, -0.2) is 4.98 Å². The van der Waals surface area contributed by atoms with E-state index in [0.29, 0.717) is 27.9 Å². The van der Waals surface area contributed by atoms with Crippen molar-refractivity contribution in [3.63, 3.8) is 0 Å². The lowest BCUT2D eigenvalue weighted by molar-refractivity contribution is -0.136. The van der Waals surface area contributed by atoms with Gasteiger partial charge in [-0.15, -0.1) is 11.3 Å². The monoisotopic (exact) mass is 278 g/mol. The van der Waals surface area contributed by atoms with Crippen LogP contribution in [-0.4, -0.2) is 22.9 Å². The van der Waals surface area contributed by atoms with Gasteiger partial charge in [0.15, 0.2) is 16.6 Å². The molecule has 0 saturated heterocycles. The SMILES string of the molecule is O=C(O)Cc1c(Nc2nccs2)ccc2c1OCO2. The van der Waals surface area contributed by atoms with Crippen LogP contribution >= 0.6 is 11.3 Å². The number of thiazole rings is 1. The van der Waals surface area contributed by atoms with Gasteiger partial charge >= 0.3 is 5.97 Å². The molecule has 2 heterocycles. The first kappa shape index (κ1) is 11.8. The first-order valence-electron chi connectivity index (χ1n) is 5.54. The number of hydrogen-bond donors (Lipinski definition) is 2. The molecule has 2 N–H and O–H groups in total. The second-order valence-corrected chi connectivity index (χ2v) is 4.75. The lowest BCUT2D eigenvalue weighted by Crippen LogP contribution is -2.05. The van der Waals surface area contributed by atoms with Crippen molar-refractivity contribution in [2.24, 2.45) is 0 Å². The van der Waals surface area contributed by atoms with Crippen molar-refractivity contribution >= 4 is 28.1 Å². The maximum absolute atomic E-state index is 11.0. The Morgan fingerprint density at radius 1 is 1.47 bits per heavy atom. The molecule has 1 aromatic carbocycles. The number of aliphatic carboxylic acids is 1. The summed E-state index contributed by atoms with van der Waals surface area (Å²) < 4.78 is 10.6. The topological polar surface area (TPSA) is 80.7 Å². The van der Waals surface area contributed by atoms with E-state index in [2.05, 4.69) is 10.3 Å². The summed E-state index contributed by atoms with van der Waals surface area (Å²) in [7, 11) is 0. The van der Waals surface area contributed by atoms with Crippen LogP contribution < -0.4 is 14.8 Å². The molecule has 0 radical (unpaired) electrons. The number of nitrogens with one attached hydrogen (secondary N) is 1. The van der Waals surface area contributed by atoms with Crippen molar-refractivity contribution in [2.45, 2.75) is 6.42 Å². The Morgan fingerprint density at radius 2 is 2.37 bits per heavy atom. The van der Waals surface area contributed by atoms with Crippen molar-refractivity contribution in [1.82, 2.24) is 4.98 Å². The Morgan fingerprint density at radius 3 is 3.11 bits per heavy atom. The number of carbonyl (C=O) groups is 1. The fourth-order valence-corrected chi connectivity index (χ4v) is 2.42. The number of anilines is 2. The molecule has 0 saturated carbocycles. The lowest BCUT2D eigenvalue weighted by atomic mass is 10.1. The Balaban J connectivity index is 2.00. The maximum Gasteiger partial charge on any atom is 0.308 e. The summed E-state index contributed by atoms with van der Waals surface area (Å²) in [6, 6.07) is 3.52. The summed E-state index contributed by atoms with van der Waals surface area (Å²) in [5, 5.41) is 14.6. The van der Waals surface area contributed by atoms with E-state index in [9.17, 15) is 4.79 Å². The van der Waals surface area contributed by atoms with Crippen LogP contribution in [0.3, 0.4) is 0 Å². The van der Waals surface area contributed by atoms with E-state index in [0.717, 1.165) is 0 Å². The van der Waals surface area contributed by atoms with Crippen molar-refractivity contribution in [2.75, 3.05) is 12.1 Å². The number of aromatic nitrogens is 1. The molecule has 98 valence electrons. The van der Waals surface area contributed by atoms with Crippen LogP contribution in [0.2, 0.25) is 0 Å². The third-order valence-electron chi connectivity index (χ3n) is 2.64. The Hall–Kier alpha value is -2.28. The van der Waals surface area contributed by atoms with Crippen LogP contribution in [0.25, 0.3) is 0 Å². The molecule has 0 amide bonds. The predicted molar refractivity (Wildman–Crippen MR) is 69.3 cm³/mol. The van der Waals surface area contributed by atoms with Gasteiger partial charge in [0.2, 0.25) is 6.79 Å². The van der Waals surface area contributed by atoms with Gasteiger partial charge < -0.3 is 19.9 Å². The van der Waals surface area contributed by atoms with Crippen molar-refractivity contribution in [3.8, 4) is 11.5 Å². The van der Waals surface area contributed by atoms with E-state index in [1.165, 1.54) is 11.3 Å². The van der Waals surface area contributed by atoms with Crippen LogP contribution in [0.15, 0.2) is 23.7 Å². The smallest absolute Gasteiger partial charge is 0.308 e. The van der Waals surface area contributed by atoms with Crippen LogP contribution in [-0.2, 0) is 11.2 Å². The van der Waals surface area contributed by atoms with Gasteiger partial charge in [0.05, 0.1) is 6.42 Å². The fourth-order valence-electron chi connectivity index (χ4n) is 1.87. The molecule has 0 fully saturated rings. The Bertz CT molecular complexity index is 612. The summed E-state index contributed by atoms with van der Waals surface area (Å²) >= 11 is 1.44. The van der Waals surface area contributed by atoms with Gasteiger partial charge in [0.1, 0.15) is 0 Å². The quantitative estimate of drug-likeness (QED) is 0.892. The number of carboxylic acid groups (broad SMARTS) is 1. The molecular formula is C12H10N2O4S. The molecule has 1 aliphatic heterocycles. The van der Waals surface area contributed by atoms with Crippen LogP contribution in [0.5, 0.6) is 11.5 Å². The van der Waals surface area contributed by atoms with Gasteiger partial charge in [-0.05, 0) is 12.1 Å². The highest BCUT2D eigenvalue weighted by Gasteiger charge is 2.22. The molecule has 0 aliphatic carbocycles. The van der Waals surface area contributed by atoms with Crippen LogP contribution in [0.4, 0.5) is 10.8 Å². The first-order chi connectivity index (χ1) is 9.24. The second-order valence-electron chi connectivity index (χ2n) is 3.86. The van der Waals surface area contributed by atoms with Crippen molar-refractivity contribution in [1.29, 1.82) is 0 Å². The number of rotatable bonds is 4. The summed E-state index contributed by atoms with van der Waals surface area (Å²) in [4.78, 5) is 15.1. The average molecular weight is 278 g/mol. The predicted octanol–water partition coefficient (Wildman–Crippen LogP) is 2.24. The first-order valence-corrected chi connectivity index (χ1v) is 6.42. The molecule has 3 rings (SSSR count). The number of fused-ring (bicyclic) bond motifs is 1. The molecule has 0 bridgehead atoms. The average Bonchev–Trinajstić information content (AvgIpc) is 3.02. The standard InChI is InChI=1S/C12H10N2O4S/c15-10(16)5-7-8(14-12-13-3-4-19-12)1-2-9-11(7)18-6-17-9/h1-4H,5-6H2,(H,13,14)(H,15,16). The van der Waals surface area contributed by atoms with E-state index in [1.54, 1.807) is 18.3 Å². The molecular weight excluding hydrogens is 268 g/mol. The third kappa shape index (κ3) is 2.32. The fraction of sp³-hybridized carbons (Fsp3) is 0.167. The molecule has 2 aromatic rings. The zero-order valence-electron chi connectivity index (χ0n) is 9.75. The summed E-state index contributed by atoms with van der Waals surface area (Å²) in [6.45, 7) is 0.114. The molecule has 6 nitrogen and oxygen atoms in total. The molecule has 19 heavy (non-hydrogen) atoms. The highest BCUT2D eigenvalue weighted by Crippen LogP contribution is 2.40. The lowest BCUT2D eigenvalue weighted by Gasteiger charge is -2.11. The highest BCUT2D eigenvalue weighted by molar-refractivity contribution is 7.13. The minimum Gasteiger partial charge on any atom is -0.481 e. The normalized spacial score (nSPS) is 12.4. The highest BCUT2D eigenvalue weighted by atomic mass is 32.1. The zero-order chi connectivity index (χ0) is 13.2. The largest absolute Gasteiger partial charge is 0.481 e. The number of nitrogens with zero attached hydrogens (tertiary/aromatic N) is 1. The molecule has 7 heteroatoms. The van der Waals surface area contributed by atoms with Gasteiger partial charge in [0, 0.05) is 22.8 Å². The van der Waals surface area contributed by atoms with Crippen molar-refractivity contribution < 1.29 is 19.4 Å². The van der Waals surface area contributed by atoms with E-state index >= 15 is 0 Å². The van der Waals surface area contributed by atoms with E-state index in [1.807, 2.05) is 5.38 Å². The molecule has 0 unspecified atom stereocenters. The third-order valence-corrected chi connectivity index (χ3v) is 3.33. The van der Waals surface area contributed by atoms with E-state index < -0.39 is 5.97 Å². The van der Waals surface area contributed by atoms with Gasteiger partial charge in [-0.3, -0.25) is 4.79 Å². The van der Waals surface area contributed by atoms with Crippen LogP contribution in [0.1, 0.15) is 5.56 Å². The number of ether oxygens (including phenoxy) is 2. The Kier molecular flexibility index (Phi) is 2.96. The van der Waals surface area contributed by atoms with E-state index in [4.69, 9.17) is 14.6 Å². The van der Waals surface area contributed by atoms with Gasteiger partial charge in [-0.1, -0.05) is 0 Å². The van der Waals surface area contributed by atoms with Gasteiger partial charge in [0.25, 0.3) is 0 Å². The Labute approximate surface area is 112 Å². The summed E-state index contributed by atoms with van der Waals surface area (Å²) in [6.07, 6.45) is 1.54. The van der Waals surface area contributed by atoms with Crippen molar-refractivity contribution in [3.05, 3.63) is 29.3 Å². The minimum atomic E-state index is -0.925. The zero-order valence-corrected chi connectivity index (χ0v) is 10.6.